The minimum atomic E-state index is -0.0872. The van der Waals surface area contributed by atoms with E-state index in [0.29, 0.717) is 19.8 Å². The van der Waals surface area contributed by atoms with Crippen LogP contribution < -0.4 is 4.74 Å². The Morgan fingerprint density at radius 1 is 1.22 bits per heavy atom. The van der Waals surface area contributed by atoms with Crippen molar-refractivity contribution < 1.29 is 14.2 Å². The van der Waals surface area contributed by atoms with Crippen molar-refractivity contribution in [2.75, 3.05) is 19.8 Å². The highest BCUT2D eigenvalue weighted by atomic mass is 16.7. The molecule has 1 aliphatic rings. The van der Waals surface area contributed by atoms with E-state index in [4.69, 9.17) is 14.2 Å². The van der Waals surface area contributed by atoms with E-state index in [0.717, 1.165) is 12.2 Å². The molecule has 1 saturated heterocycles. The fraction of sp³-hybridized carbons (Fsp3) is 0.600. The van der Waals surface area contributed by atoms with Crippen LogP contribution in [-0.4, -0.2) is 26.1 Å². The third-order valence-electron chi connectivity index (χ3n) is 3.01. The van der Waals surface area contributed by atoms with E-state index in [1.54, 1.807) is 0 Å². The predicted molar refractivity (Wildman–Crippen MR) is 70.9 cm³/mol. The lowest BCUT2D eigenvalue weighted by Gasteiger charge is -2.20. The van der Waals surface area contributed by atoms with E-state index in [-0.39, 0.29) is 11.7 Å². The summed E-state index contributed by atoms with van der Waals surface area (Å²) in [5.41, 5.74) is 1.44. The highest BCUT2D eigenvalue weighted by Gasteiger charge is 2.16. The van der Waals surface area contributed by atoms with Crippen LogP contribution in [0.25, 0.3) is 0 Å². The van der Waals surface area contributed by atoms with Crippen LogP contribution in [0.3, 0.4) is 0 Å². The van der Waals surface area contributed by atoms with Gasteiger partial charge in [0.05, 0.1) is 19.8 Å². The maximum Gasteiger partial charge on any atom is 0.161 e. The van der Waals surface area contributed by atoms with Gasteiger partial charge in [0.25, 0.3) is 0 Å². The summed E-state index contributed by atoms with van der Waals surface area (Å²) in [5, 5.41) is 0. The van der Waals surface area contributed by atoms with E-state index >= 15 is 0 Å². The highest BCUT2D eigenvalue weighted by Crippen LogP contribution is 2.25. The Balaban J connectivity index is 1.85. The second-order valence-corrected chi connectivity index (χ2v) is 5.59. The molecule has 3 nitrogen and oxygen atoms in total. The molecular formula is C15H22O3. The summed E-state index contributed by atoms with van der Waals surface area (Å²) in [6, 6.07) is 8.27. The zero-order chi connectivity index (χ0) is 13.0. The zero-order valence-corrected chi connectivity index (χ0v) is 11.4. The Kier molecular flexibility index (Phi) is 4.25. The lowest BCUT2D eigenvalue weighted by atomic mass is 9.87. The van der Waals surface area contributed by atoms with Crippen LogP contribution in [0.4, 0.5) is 0 Å². The summed E-state index contributed by atoms with van der Waals surface area (Å²) < 4.78 is 16.5. The standard InChI is InChI=1S/C15H22O3/c1-15(2,3)12-5-4-6-13(11-12)16-8-7-14-17-9-10-18-14/h4-6,11,14H,7-10H2,1-3H3. The molecule has 1 fully saturated rings. The predicted octanol–water partition coefficient (Wildman–Crippen LogP) is 3.13. The first-order chi connectivity index (χ1) is 8.55. The maximum absolute atomic E-state index is 5.74. The summed E-state index contributed by atoms with van der Waals surface area (Å²) in [4.78, 5) is 0. The summed E-state index contributed by atoms with van der Waals surface area (Å²) in [5.74, 6) is 0.917. The van der Waals surface area contributed by atoms with Crippen molar-refractivity contribution in [3.05, 3.63) is 29.8 Å². The molecule has 0 unspecified atom stereocenters. The molecule has 0 atom stereocenters. The topological polar surface area (TPSA) is 27.7 Å². The fourth-order valence-electron chi connectivity index (χ4n) is 1.90. The van der Waals surface area contributed by atoms with Crippen LogP contribution in [0.15, 0.2) is 24.3 Å². The Morgan fingerprint density at radius 2 is 1.94 bits per heavy atom. The summed E-state index contributed by atoms with van der Waals surface area (Å²) >= 11 is 0. The van der Waals surface area contributed by atoms with Crippen LogP contribution in [0.2, 0.25) is 0 Å². The molecule has 0 amide bonds. The van der Waals surface area contributed by atoms with E-state index in [1.807, 2.05) is 12.1 Å². The van der Waals surface area contributed by atoms with Crippen molar-refractivity contribution in [3.63, 3.8) is 0 Å². The summed E-state index contributed by atoms with van der Waals surface area (Å²) in [6.07, 6.45) is 0.690. The van der Waals surface area contributed by atoms with Crippen LogP contribution in [0, 0.1) is 0 Å². The molecule has 100 valence electrons. The van der Waals surface area contributed by atoms with E-state index in [2.05, 4.69) is 32.9 Å². The molecule has 0 aromatic heterocycles. The van der Waals surface area contributed by atoms with Gasteiger partial charge in [0.1, 0.15) is 5.75 Å². The molecule has 18 heavy (non-hydrogen) atoms. The van der Waals surface area contributed by atoms with Crippen LogP contribution >= 0.6 is 0 Å². The van der Waals surface area contributed by atoms with Gasteiger partial charge in [0.15, 0.2) is 6.29 Å². The molecule has 1 heterocycles. The van der Waals surface area contributed by atoms with Crippen molar-refractivity contribution in [2.45, 2.75) is 38.9 Å². The average molecular weight is 250 g/mol. The Morgan fingerprint density at radius 3 is 2.61 bits per heavy atom. The van der Waals surface area contributed by atoms with E-state index in [9.17, 15) is 0 Å². The Hall–Kier alpha value is -1.06. The monoisotopic (exact) mass is 250 g/mol. The van der Waals surface area contributed by atoms with Gasteiger partial charge < -0.3 is 14.2 Å². The minimum Gasteiger partial charge on any atom is -0.493 e. The molecule has 0 N–H and O–H groups in total. The van der Waals surface area contributed by atoms with Crippen LogP contribution in [0.1, 0.15) is 32.8 Å². The van der Waals surface area contributed by atoms with Gasteiger partial charge in [0.2, 0.25) is 0 Å². The van der Waals surface area contributed by atoms with Crippen molar-refractivity contribution in [2.24, 2.45) is 0 Å². The average Bonchev–Trinajstić information content (AvgIpc) is 2.81. The summed E-state index contributed by atoms with van der Waals surface area (Å²) in [6.45, 7) is 8.62. The Labute approximate surface area is 109 Å². The van der Waals surface area contributed by atoms with Crippen LogP contribution in [0.5, 0.6) is 5.75 Å². The molecule has 2 rings (SSSR count). The van der Waals surface area contributed by atoms with E-state index in [1.165, 1.54) is 5.56 Å². The molecular weight excluding hydrogens is 228 g/mol. The minimum absolute atomic E-state index is 0.0872. The maximum atomic E-state index is 5.74. The number of benzene rings is 1. The van der Waals surface area contributed by atoms with Crippen molar-refractivity contribution >= 4 is 0 Å². The SMILES string of the molecule is CC(C)(C)c1cccc(OCCC2OCCO2)c1. The molecule has 1 aromatic rings. The zero-order valence-electron chi connectivity index (χ0n) is 11.4. The molecule has 1 aromatic carbocycles. The largest absolute Gasteiger partial charge is 0.493 e. The van der Waals surface area contributed by atoms with Crippen LogP contribution in [-0.2, 0) is 14.9 Å². The lowest BCUT2D eigenvalue weighted by molar-refractivity contribution is -0.0531. The lowest BCUT2D eigenvalue weighted by Crippen LogP contribution is -2.13. The number of hydrogen-bond donors (Lipinski definition) is 0. The summed E-state index contributed by atoms with van der Waals surface area (Å²) in [7, 11) is 0. The van der Waals surface area contributed by atoms with E-state index < -0.39 is 0 Å². The van der Waals surface area contributed by atoms with Gasteiger partial charge in [-0.2, -0.15) is 0 Å². The van der Waals surface area contributed by atoms with Gasteiger partial charge in [-0.25, -0.2) is 0 Å². The van der Waals surface area contributed by atoms with Crippen molar-refractivity contribution in [1.82, 2.24) is 0 Å². The molecule has 0 aliphatic carbocycles. The molecule has 0 saturated carbocycles. The van der Waals surface area contributed by atoms with Gasteiger partial charge in [-0.1, -0.05) is 32.9 Å². The van der Waals surface area contributed by atoms with Gasteiger partial charge in [-0.3, -0.25) is 0 Å². The van der Waals surface area contributed by atoms with Gasteiger partial charge in [-0.05, 0) is 23.1 Å². The molecule has 3 heteroatoms. The van der Waals surface area contributed by atoms with Gasteiger partial charge >= 0.3 is 0 Å². The molecule has 1 aliphatic heterocycles. The highest BCUT2D eigenvalue weighted by molar-refractivity contribution is 5.32. The molecule has 0 radical (unpaired) electrons. The third kappa shape index (κ3) is 3.72. The second kappa shape index (κ2) is 5.72. The first-order valence-electron chi connectivity index (χ1n) is 6.52. The first-order valence-corrected chi connectivity index (χ1v) is 6.52. The second-order valence-electron chi connectivity index (χ2n) is 5.59. The third-order valence-corrected chi connectivity index (χ3v) is 3.01. The number of rotatable bonds is 4. The molecule has 0 bridgehead atoms. The Bertz CT molecular complexity index is 376. The van der Waals surface area contributed by atoms with Crippen molar-refractivity contribution in [1.29, 1.82) is 0 Å². The normalized spacial score (nSPS) is 17.1. The quantitative estimate of drug-likeness (QED) is 0.821. The number of ether oxygens (including phenoxy) is 3. The fourth-order valence-corrected chi connectivity index (χ4v) is 1.90. The first kappa shape index (κ1) is 13.4. The van der Waals surface area contributed by atoms with Gasteiger partial charge in [0, 0.05) is 6.42 Å². The molecule has 0 spiro atoms. The number of hydrogen-bond acceptors (Lipinski definition) is 3. The van der Waals surface area contributed by atoms with Gasteiger partial charge in [-0.15, -0.1) is 0 Å². The smallest absolute Gasteiger partial charge is 0.161 e. The van der Waals surface area contributed by atoms with Crippen molar-refractivity contribution in [3.8, 4) is 5.75 Å².